The van der Waals surface area contributed by atoms with Crippen LogP contribution >= 0.6 is 33.9 Å². The lowest BCUT2D eigenvalue weighted by molar-refractivity contribution is 0.320. The monoisotopic (exact) mass is 365 g/mol. The molecule has 8 heteroatoms. The van der Waals surface area contributed by atoms with Gasteiger partial charge in [-0.3, -0.25) is 4.98 Å². The van der Waals surface area contributed by atoms with Gasteiger partial charge in [0.25, 0.3) is 9.05 Å². The van der Waals surface area contributed by atoms with Gasteiger partial charge in [0.15, 0.2) is 0 Å². The van der Waals surface area contributed by atoms with Crippen molar-refractivity contribution in [3.63, 3.8) is 0 Å². The van der Waals surface area contributed by atoms with Crippen LogP contribution in [0.5, 0.6) is 5.75 Å². The van der Waals surface area contributed by atoms with Crippen molar-refractivity contribution in [1.29, 1.82) is 0 Å². The van der Waals surface area contributed by atoms with Gasteiger partial charge < -0.3 is 4.74 Å². The number of benzene rings is 1. The summed E-state index contributed by atoms with van der Waals surface area (Å²) in [5, 5.41) is -0.138. The predicted octanol–water partition coefficient (Wildman–Crippen LogP) is 3.94. The van der Waals surface area contributed by atoms with Gasteiger partial charge in [0.05, 0.1) is 11.6 Å². The minimum atomic E-state index is -3.95. The van der Waals surface area contributed by atoms with Gasteiger partial charge in [-0.25, -0.2) is 8.42 Å². The summed E-state index contributed by atoms with van der Waals surface area (Å²) in [5.74, 6) is 0.293. The Morgan fingerprint density at radius 1 is 1.10 bits per heavy atom. The molecule has 2 rings (SSSR count). The number of rotatable bonds is 5. The molecule has 0 aliphatic heterocycles. The highest BCUT2D eigenvalue weighted by atomic mass is 35.7. The molecule has 0 amide bonds. The molecule has 0 radical (unpaired) electrons. The quantitative estimate of drug-likeness (QED) is 0.752. The van der Waals surface area contributed by atoms with E-state index < -0.39 is 9.05 Å². The van der Waals surface area contributed by atoms with E-state index in [0.717, 1.165) is 5.69 Å². The molecule has 0 aliphatic carbocycles. The molecule has 1 aromatic carbocycles. The van der Waals surface area contributed by atoms with E-state index in [1.54, 1.807) is 6.20 Å². The van der Waals surface area contributed by atoms with Crippen LogP contribution in [-0.2, 0) is 15.5 Å². The van der Waals surface area contributed by atoms with E-state index in [0.29, 0.717) is 18.8 Å². The van der Waals surface area contributed by atoms with Crippen molar-refractivity contribution >= 4 is 42.9 Å². The van der Waals surface area contributed by atoms with Gasteiger partial charge in [-0.1, -0.05) is 29.3 Å². The fourth-order valence-electron chi connectivity index (χ4n) is 1.63. The Morgan fingerprint density at radius 2 is 1.86 bits per heavy atom. The number of hydrogen-bond acceptors (Lipinski definition) is 4. The summed E-state index contributed by atoms with van der Waals surface area (Å²) in [5.41, 5.74) is 0.875. The summed E-state index contributed by atoms with van der Waals surface area (Å²) in [4.78, 5) is 3.92. The first kappa shape index (κ1) is 16.4. The minimum Gasteiger partial charge on any atom is -0.492 e. The molecule has 0 atom stereocenters. The summed E-state index contributed by atoms with van der Waals surface area (Å²) >= 11 is 11.9. The number of aromatic nitrogens is 1. The molecule has 4 nitrogen and oxygen atoms in total. The van der Waals surface area contributed by atoms with Gasteiger partial charge in [0.1, 0.15) is 15.7 Å². The summed E-state index contributed by atoms with van der Waals surface area (Å²) in [6, 6.07) is 8.26. The Kier molecular flexibility index (Phi) is 5.32. The average molecular weight is 367 g/mol. The number of pyridine rings is 1. The van der Waals surface area contributed by atoms with Crippen molar-refractivity contribution in [3.8, 4) is 5.75 Å². The zero-order chi connectivity index (χ0) is 15.5. The van der Waals surface area contributed by atoms with E-state index in [1.807, 2.05) is 18.2 Å². The van der Waals surface area contributed by atoms with Crippen LogP contribution in [0, 0.1) is 0 Å². The van der Waals surface area contributed by atoms with Crippen molar-refractivity contribution < 1.29 is 13.2 Å². The third kappa shape index (κ3) is 4.23. The molecule has 0 N–H and O–H groups in total. The Bertz CT molecular complexity index is 736. The maximum atomic E-state index is 11.3. The highest BCUT2D eigenvalue weighted by Crippen LogP contribution is 2.37. The lowest BCUT2D eigenvalue weighted by Crippen LogP contribution is -2.04. The SMILES string of the molecule is O=S(=O)(Cl)c1ccc(OCCc2ccccn2)c(Cl)c1Cl. The van der Waals surface area contributed by atoms with Gasteiger partial charge in [-0.15, -0.1) is 0 Å². The van der Waals surface area contributed by atoms with Crippen molar-refractivity contribution in [2.24, 2.45) is 0 Å². The highest BCUT2D eigenvalue weighted by Gasteiger charge is 2.19. The zero-order valence-corrected chi connectivity index (χ0v) is 13.7. The van der Waals surface area contributed by atoms with Crippen molar-refractivity contribution in [1.82, 2.24) is 4.98 Å². The Balaban J connectivity index is 2.10. The smallest absolute Gasteiger partial charge is 0.262 e. The van der Waals surface area contributed by atoms with Crippen LogP contribution in [0.1, 0.15) is 5.69 Å². The highest BCUT2D eigenvalue weighted by molar-refractivity contribution is 8.13. The standard InChI is InChI=1S/C13H10Cl3NO3S/c14-12-10(4-5-11(13(12)15)21(16,18)19)20-8-6-9-3-1-2-7-17-9/h1-5,7H,6,8H2. The second kappa shape index (κ2) is 6.83. The zero-order valence-electron chi connectivity index (χ0n) is 10.6. The largest absolute Gasteiger partial charge is 0.492 e. The Labute approximate surface area is 137 Å². The normalized spacial score (nSPS) is 11.4. The lowest BCUT2D eigenvalue weighted by Gasteiger charge is -2.10. The lowest BCUT2D eigenvalue weighted by atomic mass is 10.3. The van der Waals surface area contributed by atoms with Gasteiger partial charge in [0.2, 0.25) is 0 Å². The summed E-state index contributed by atoms with van der Waals surface area (Å²) < 4.78 is 28.1. The van der Waals surface area contributed by atoms with Crippen LogP contribution in [0.4, 0.5) is 0 Å². The van der Waals surface area contributed by atoms with E-state index in [4.69, 9.17) is 38.6 Å². The first-order valence-electron chi connectivity index (χ1n) is 5.85. The van der Waals surface area contributed by atoms with Crippen LogP contribution < -0.4 is 4.74 Å². The number of nitrogens with zero attached hydrogens (tertiary/aromatic N) is 1. The van der Waals surface area contributed by atoms with E-state index in [9.17, 15) is 8.42 Å². The predicted molar refractivity (Wildman–Crippen MR) is 82.9 cm³/mol. The van der Waals surface area contributed by atoms with Crippen molar-refractivity contribution in [3.05, 3.63) is 52.3 Å². The summed E-state index contributed by atoms with van der Waals surface area (Å²) in [6.45, 7) is 0.333. The van der Waals surface area contributed by atoms with Crippen molar-refractivity contribution in [2.75, 3.05) is 6.61 Å². The topological polar surface area (TPSA) is 56.3 Å². The molecule has 2 aromatic rings. The molecule has 0 saturated heterocycles. The first-order valence-corrected chi connectivity index (χ1v) is 8.91. The summed E-state index contributed by atoms with van der Waals surface area (Å²) in [6.07, 6.45) is 2.28. The van der Waals surface area contributed by atoms with Gasteiger partial charge >= 0.3 is 0 Å². The van der Waals surface area contributed by atoms with Gasteiger partial charge in [0, 0.05) is 29.0 Å². The van der Waals surface area contributed by atoms with Crippen LogP contribution in [0.25, 0.3) is 0 Å². The number of hydrogen-bond donors (Lipinski definition) is 0. The van der Waals surface area contributed by atoms with E-state index in [2.05, 4.69) is 4.98 Å². The van der Waals surface area contributed by atoms with E-state index >= 15 is 0 Å². The molecule has 1 aromatic heterocycles. The Morgan fingerprint density at radius 3 is 2.48 bits per heavy atom. The molecule has 112 valence electrons. The third-order valence-electron chi connectivity index (χ3n) is 2.62. The fraction of sp³-hybridized carbons (Fsp3) is 0.154. The maximum absolute atomic E-state index is 11.3. The molecule has 0 bridgehead atoms. The molecule has 1 heterocycles. The van der Waals surface area contributed by atoms with Crippen LogP contribution in [0.2, 0.25) is 10.0 Å². The molecule has 0 unspecified atom stereocenters. The molecule has 0 aliphatic rings. The van der Waals surface area contributed by atoms with E-state index in [-0.39, 0.29) is 14.9 Å². The molecular formula is C13H10Cl3NO3S. The molecule has 21 heavy (non-hydrogen) atoms. The van der Waals surface area contributed by atoms with E-state index in [1.165, 1.54) is 12.1 Å². The fourth-order valence-corrected chi connectivity index (χ4v) is 3.41. The number of ether oxygens (including phenoxy) is 1. The minimum absolute atomic E-state index is 0.0133. The van der Waals surface area contributed by atoms with Gasteiger partial charge in [-0.05, 0) is 24.3 Å². The third-order valence-corrected chi connectivity index (χ3v) is 4.96. The second-order valence-corrected chi connectivity index (χ2v) is 7.34. The Hall–Kier alpha value is -1.01. The molecule has 0 saturated carbocycles. The molecular weight excluding hydrogens is 357 g/mol. The molecule has 0 fully saturated rings. The molecule has 0 spiro atoms. The summed E-state index contributed by atoms with van der Waals surface area (Å²) in [7, 11) is 1.31. The average Bonchev–Trinajstić information content (AvgIpc) is 2.43. The van der Waals surface area contributed by atoms with Crippen molar-refractivity contribution in [2.45, 2.75) is 11.3 Å². The maximum Gasteiger partial charge on any atom is 0.262 e. The van der Waals surface area contributed by atoms with Gasteiger partial charge in [-0.2, -0.15) is 0 Å². The number of halogens is 3. The van der Waals surface area contributed by atoms with Crippen LogP contribution in [0.15, 0.2) is 41.4 Å². The second-order valence-electron chi connectivity index (χ2n) is 4.05. The van der Waals surface area contributed by atoms with Crippen LogP contribution in [-0.4, -0.2) is 20.0 Å². The van der Waals surface area contributed by atoms with Crippen LogP contribution in [0.3, 0.4) is 0 Å². The first-order chi connectivity index (χ1) is 9.89.